The second-order valence-electron chi connectivity index (χ2n) is 7.34. The van der Waals surface area contributed by atoms with Crippen molar-refractivity contribution < 1.29 is 8.42 Å². The van der Waals surface area contributed by atoms with Gasteiger partial charge in [-0.05, 0) is 30.2 Å². The first-order chi connectivity index (χ1) is 14.0. The van der Waals surface area contributed by atoms with Crippen LogP contribution in [0.1, 0.15) is 12.0 Å². The number of benzene rings is 1. The summed E-state index contributed by atoms with van der Waals surface area (Å²) in [7, 11) is -3.07. The molecule has 4 aromatic rings. The molecule has 1 aromatic carbocycles. The first-order valence-electron chi connectivity index (χ1n) is 9.31. The Labute approximate surface area is 167 Å². The molecule has 1 aliphatic rings. The van der Waals surface area contributed by atoms with E-state index in [9.17, 15) is 8.42 Å². The summed E-state index contributed by atoms with van der Waals surface area (Å²) in [4.78, 5) is 15.4. The number of fused-ring (bicyclic) bond motifs is 2. The minimum absolute atomic E-state index is 0.366. The van der Waals surface area contributed by atoms with Gasteiger partial charge in [-0.1, -0.05) is 17.3 Å². The van der Waals surface area contributed by atoms with E-state index in [-0.39, 0.29) is 5.25 Å². The highest BCUT2D eigenvalue weighted by Crippen LogP contribution is 2.23. The van der Waals surface area contributed by atoms with Crippen molar-refractivity contribution in [3.05, 3.63) is 48.3 Å². The Morgan fingerprint density at radius 2 is 2.10 bits per heavy atom. The van der Waals surface area contributed by atoms with Gasteiger partial charge in [0.15, 0.2) is 15.5 Å². The molecule has 3 aromatic heterocycles. The van der Waals surface area contributed by atoms with Crippen molar-refractivity contribution in [1.29, 1.82) is 0 Å². The minimum Gasteiger partial charge on any atom is -0.354 e. The van der Waals surface area contributed by atoms with Crippen LogP contribution in [0.25, 0.3) is 22.2 Å². The fourth-order valence-electron chi connectivity index (χ4n) is 3.69. The second-order valence-corrected chi connectivity index (χ2v) is 9.66. The van der Waals surface area contributed by atoms with Crippen molar-refractivity contribution in [2.24, 2.45) is 0 Å². The van der Waals surface area contributed by atoms with Gasteiger partial charge in [0, 0.05) is 30.9 Å². The lowest BCUT2D eigenvalue weighted by Gasteiger charge is -2.16. The molecular formula is C19H19N7O2S. The zero-order valence-corrected chi connectivity index (χ0v) is 16.6. The topological polar surface area (TPSA) is 107 Å². The summed E-state index contributed by atoms with van der Waals surface area (Å²) in [6, 6.07) is 10.0. The normalized spacial score (nSPS) is 17.4. The van der Waals surface area contributed by atoms with Crippen LogP contribution in [0.5, 0.6) is 0 Å². The Kier molecular flexibility index (Phi) is 4.16. The van der Waals surface area contributed by atoms with E-state index in [2.05, 4.69) is 31.3 Å². The van der Waals surface area contributed by atoms with E-state index in [0.717, 1.165) is 16.5 Å². The van der Waals surface area contributed by atoms with E-state index < -0.39 is 9.84 Å². The highest BCUT2D eigenvalue weighted by molar-refractivity contribution is 7.91. The van der Waals surface area contributed by atoms with E-state index in [0.29, 0.717) is 43.2 Å². The quantitative estimate of drug-likeness (QED) is 0.498. The number of pyridine rings is 1. The summed E-state index contributed by atoms with van der Waals surface area (Å²) in [5.74, 6) is 0.648. The average molecular weight is 409 g/mol. The molecule has 4 heterocycles. The number of nitrogens with zero attached hydrogens (tertiary/aromatic N) is 7. The van der Waals surface area contributed by atoms with Gasteiger partial charge in [-0.3, -0.25) is 4.98 Å². The summed E-state index contributed by atoms with van der Waals surface area (Å²) in [6.07, 6.45) is 5.29. The summed E-state index contributed by atoms with van der Waals surface area (Å²) in [6.45, 7) is 1.57. The molecular weight excluding hydrogens is 390 g/mol. The van der Waals surface area contributed by atoms with E-state index >= 15 is 0 Å². The Morgan fingerprint density at radius 1 is 1.21 bits per heavy atom. The molecule has 0 amide bonds. The van der Waals surface area contributed by atoms with Crippen molar-refractivity contribution >= 4 is 37.9 Å². The summed E-state index contributed by atoms with van der Waals surface area (Å²) in [5.41, 5.74) is 3.05. The van der Waals surface area contributed by atoms with Crippen LogP contribution in [0.2, 0.25) is 0 Å². The zero-order chi connectivity index (χ0) is 20.0. The number of hydrogen-bond acceptors (Lipinski definition) is 8. The SMILES string of the molecule is CS(=O)(=O)C1CCN(c2cnc3nnn(Cc4ccc5ncccc5c4)c3n2)C1. The predicted molar refractivity (Wildman–Crippen MR) is 109 cm³/mol. The van der Waals surface area contributed by atoms with Gasteiger partial charge in [-0.2, -0.15) is 0 Å². The molecule has 1 saturated heterocycles. The van der Waals surface area contributed by atoms with Gasteiger partial charge in [0.1, 0.15) is 5.82 Å². The molecule has 5 rings (SSSR count). The van der Waals surface area contributed by atoms with Crippen molar-refractivity contribution in [3.63, 3.8) is 0 Å². The Bertz CT molecular complexity index is 1320. The third-order valence-corrected chi connectivity index (χ3v) is 6.88. The molecule has 9 nitrogen and oxygen atoms in total. The lowest BCUT2D eigenvalue weighted by Crippen LogP contribution is -2.26. The van der Waals surface area contributed by atoms with Crippen LogP contribution in [-0.4, -0.2) is 63.0 Å². The molecule has 1 atom stereocenters. The minimum atomic E-state index is -3.07. The standard InChI is InChI=1S/C19H19N7O2S/c1-29(27,28)15-6-8-25(12-15)17-10-21-18-19(22-17)26(24-23-18)11-13-4-5-16-14(9-13)3-2-7-20-16/h2-5,7,9-10,15H,6,8,11-12H2,1H3. The van der Waals surface area contributed by atoms with Crippen LogP contribution in [-0.2, 0) is 16.4 Å². The molecule has 1 fully saturated rings. The van der Waals surface area contributed by atoms with Crippen LogP contribution in [0.15, 0.2) is 42.7 Å². The average Bonchev–Trinajstić information content (AvgIpc) is 3.35. The van der Waals surface area contributed by atoms with E-state index in [1.54, 1.807) is 17.1 Å². The highest BCUT2D eigenvalue weighted by atomic mass is 32.2. The first-order valence-corrected chi connectivity index (χ1v) is 11.3. The fourth-order valence-corrected chi connectivity index (χ4v) is 4.67. The van der Waals surface area contributed by atoms with Crippen LogP contribution in [0, 0.1) is 0 Å². The third-order valence-electron chi connectivity index (χ3n) is 5.29. The number of rotatable bonds is 4. The smallest absolute Gasteiger partial charge is 0.221 e. The Hall–Kier alpha value is -3.14. The van der Waals surface area contributed by atoms with Gasteiger partial charge < -0.3 is 4.90 Å². The zero-order valence-electron chi connectivity index (χ0n) is 15.8. The number of aromatic nitrogens is 6. The van der Waals surface area contributed by atoms with Crippen molar-refractivity contribution in [2.45, 2.75) is 18.2 Å². The number of hydrogen-bond donors (Lipinski definition) is 0. The maximum absolute atomic E-state index is 11.8. The van der Waals surface area contributed by atoms with Crippen LogP contribution < -0.4 is 4.90 Å². The van der Waals surface area contributed by atoms with Gasteiger partial charge in [0.25, 0.3) is 0 Å². The molecule has 0 spiro atoms. The molecule has 29 heavy (non-hydrogen) atoms. The van der Waals surface area contributed by atoms with Gasteiger partial charge in [0.05, 0.1) is 23.5 Å². The molecule has 10 heteroatoms. The maximum atomic E-state index is 11.8. The predicted octanol–water partition coefficient (Wildman–Crippen LogP) is 1.44. The van der Waals surface area contributed by atoms with E-state index in [1.807, 2.05) is 29.2 Å². The summed E-state index contributed by atoms with van der Waals surface area (Å²) in [5, 5.41) is 9.01. The largest absolute Gasteiger partial charge is 0.354 e. The van der Waals surface area contributed by atoms with Gasteiger partial charge in [-0.15, -0.1) is 5.10 Å². The van der Waals surface area contributed by atoms with Gasteiger partial charge >= 0.3 is 0 Å². The second kappa shape index (κ2) is 6.73. The summed E-state index contributed by atoms with van der Waals surface area (Å²) < 4.78 is 25.4. The van der Waals surface area contributed by atoms with Crippen molar-refractivity contribution in [1.82, 2.24) is 29.9 Å². The molecule has 0 aliphatic carbocycles. The van der Waals surface area contributed by atoms with Crippen LogP contribution in [0.4, 0.5) is 5.82 Å². The molecule has 1 aliphatic heterocycles. The molecule has 0 radical (unpaired) electrons. The third kappa shape index (κ3) is 3.39. The van der Waals surface area contributed by atoms with Crippen molar-refractivity contribution in [2.75, 3.05) is 24.2 Å². The number of sulfone groups is 1. The fraction of sp³-hybridized carbons (Fsp3) is 0.316. The highest BCUT2D eigenvalue weighted by Gasteiger charge is 2.31. The summed E-state index contributed by atoms with van der Waals surface area (Å²) >= 11 is 0. The van der Waals surface area contributed by atoms with Gasteiger partial charge in [0.2, 0.25) is 5.65 Å². The van der Waals surface area contributed by atoms with Crippen LogP contribution in [0.3, 0.4) is 0 Å². The molecule has 148 valence electrons. The lowest BCUT2D eigenvalue weighted by molar-refractivity contribution is 0.589. The molecule has 0 saturated carbocycles. The van der Waals surface area contributed by atoms with Crippen molar-refractivity contribution in [3.8, 4) is 0 Å². The van der Waals surface area contributed by atoms with Gasteiger partial charge in [-0.25, -0.2) is 23.1 Å². The maximum Gasteiger partial charge on any atom is 0.221 e. The molecule has 0 N–H and O–H groups in total. The van der Waals surface area contributed by atoms with E-state index in [1.165, 1.54) is 6.26 Å². The first kappa shape index (κ1) is 17.9. The van der Waals surface area contributed by atoms with Crippen LogP contribution >= 0.6 is 0 Å². The lowest BCUT2D eigenvalue weighted by atomic mass is 10.1. The molecule has 0 bridgehead atoms. The Morgan fingerprint density at radius 3 is 2.93 bits per heavy atom. The molecule has 1 unspecified atom stereocenters. The number of anilines is 1. The van der Waals surface area contributed by atoms with E-state index in [4.69, 9.17) is 0 Å². The monoisotopic (exact) mass is 409 g/mol. The Balaban J connectivity index is 1.45.